The third kappa shape index (κ3) is 5.36. The lowest BCUT2D eigenvalue weighted by atomic mass is 9.82. The summed E-state index contributed by atoms with van der Waals surface area (Å²) in [5, 5.41) is 0. The summed E-state index contributed by atoms with van der Waals surface area (Å²) in [6.07, 6.45) is 6.73. The molecule has 1 heterocycles. The van der Waals surface area contributed by atoms with Crippen LogP contribution in [0.1, 0.15) is 46.1 Å². The van der Waals surface area contributed by atoms with Gasteiger partial charge in [0.2, 0.25) is 0 Å². The maximum Gasteiger partial charge on any atom is 0.0935 e. The molecule has 2 nitrogen and oxygen atoms in total. The second-order valence-electron chi connectivity index (χ2n) is 6.20. The predicted molar refractivity (Wildman–Crippen MR) is 68.2 cm³/mol. The Kier molecular flexibility index (Phi) is 4.60. The molecule has 2 unspecified atom stereocenters. The van der Waals surface area contributed by atoms with Crippen LogP contribution in [0.25, 0.3) is 0 Å². The SMILES string of the molecule is CC(CC(N)Cc1ccoc1)CC(C)(C)C. The molecular weight excluding hydrogens is 198 g/mol. The van der Waals surface area contributed by atoms with Gasteiger partial charge in [0.15, 0.2) is 0 Å². The summed E-state index contributed by atoms with van der Waals surface area (Å²) in [6.45, 7) is 9.14. The fourth-order valence-electron chi connectivity index (χ4n) is 2.44. The molecule has 1 aromatic heterocycles. The van der Waals surface area contributed by atoms with Gasteiger partial charge in [-0.25, -0.2) is 0 Å². The number of furan rings is 1. The average molecular weight is 223 g/mol. The molecule has 1 aromatic rings. The molecule has 0 radical (unpaired) electrons. The fourth-order valence-corrected chi connectivity index (χ4v) is 2.44. The first-order chi connectivity index (χ1) is 7.37. The molecule has 2 atom stereocenters. The Morgan fingerprint density at radius 1 is 1.38 bits per heavy atom. The third-order valence-corrected chi connectivity index (χ3v) is 2.74. The van der Waals surface area contributed by atoms with Gasteiger partial charge in [-0.1, -0.05) is 27.7 Å². The lowest BCUT2D eigenvalue weighted by Crippen LogP contribution is -2.26. The van der Waals surface area contributed by atoms with Crippen molar-refractivity contribution in [2.75, 3.05) is 0 Å². The first-order valence-corrected chi connectivity index (χ1v) is 6.13. The van der Waals surface area contributed by atoms with Gasteiger partial charge in [-0.15, -0.1) is 0 Å². The molecule has 0 aliphatic rings. The molecule has 0 saturated carbocycles. The van der Waals surface area contributed by atoms with Crippen molar-refractivity contribution in [3.05, 3.63) is 24.2 Å². The van der Waals surface area contributed by atoms with Crippen molar-refractivity contribution < 1.29 is 4.42 Å². The molecule has 2 heteroatoms. The van der Waals surface area contributed by atoms with E-state index in [0.29, 0.717) is 11.3 Å². The molecule has 16 heavy (non-hydrogen) atoms. The van der Waals surface area contributed by atoms with Gasteiger partial charge in [0.1, 0.15) is 0 Å². The van der Waals surface area contributed by atoms with Crippen LogP contribution >= 0.6 is 0 Å². The van der Waals surface area contributed by atoms with Crippen LogP contribution in [-0.4, -0.2) is 6.04 Å². The molecule has 1 rings (SSSR count). The third-order valence-electron chi connectivity index (χ3n) is 2.74. The predicted octanol–water partition coefficient (Wildman–Crippen LogP) is 3.61. The van der Waals surface area contributed by atoms with Crippen molar-refractivity contribution in [2.45, 2.75) is 53.0 Å². The second kappa shape index (κ2) is 5.53. The maximum absolute atomic E-state index is 6.14. The molecule has 2 N–H and O–H groups in total. The van der Waals surface area contributed by atoms with Crippen molar-refractivity contribution in [2.24, 2.45) is 17.1 Å². The standard InChI is InChI=1S/C14H25NO/c1-11(9-14(2,3)4)7-13(15)8-12-5-6-16-10-12/h5-6,10-11,13H,7-9,15H2,1-4H3. The Morgan fingerprint density at radius 2 is 2.06 bits per heavy atom. The van der Waals surface area contributed by atoms with Crippen molar-refractivity contribution in [1.29, 1.82) is 0 Å². The highest BCUT2D eigenvalue weighted by atomic mass is 16.3. The van der Waals surface area contributed by atoms with E-state index in [0.717, 1.165) is 12.8 Å². The summed E-state index contributed by atoms with van der Waals surface area (Å²) in [7, 11) is 0. The summed E-state index contributed by atoms with van der Waals surface area (Å²) < 4.78 is 5.05. The minimum absolute atomic E-state index is 0.245. The molecule has 0 bridgehead atoms. The van der Waals surface area contributed by atoms with Gasteiger partial charge in [0.05, 0.1) is 12.5 Å². The quantitative estimate of drug-likeness (QED) is 0.828. The van der Waals surface area contributed by atoms with E-state index in [9.17, 15) is 0 Å². The van der Waals surface area contributed by atoms with Crippen LogP contribution < -0.4 is 5.73 Å². The molecular formula is C14H25NO. The number of nitrogens with two attached hydrogens (primary N) is 1. The smallest absolute Gasteiger partial charge is 0.0935 e. The highest BCUT2D eigenvalue weighted by Gasteiger charge is 2.17. The molecule has 0 amide bonds. The van der Waals surface area contributed by atoms with E-state index in [-0.39, 0.29) is 6.04 Å². The maximum atomic E-state index is 6.14. The first kappa shape index (κ1) is 13.3. The van der Waals surface area contributed by atoms with Gasteiger partial charge in [0.25, 0.3) is 0 Å². The fraction of sp³-hybridized carbons (Fsp3) is 0.714. The normalized spacial score (nSPS) is 16.1. The van der Waals surface area contributed by atoms with E-state index < -0.39 is 0 Å². The average Bonchev–Trinajstić information content (AvgIpc) is 2.51. The van der Waals surface area contributed by atoms with Crippen LogP contribution in [0.2, 0.25) is 0 Å². The van der Waals surface area contributed by atoms with E-state index in [1.807, 2.05) is 6.07 Å². The zero-order chi connectivity index (χ0) is 12.2. The Bertz CT molecular complexity index is 284. The number of hydrogen-bond donors (Lipinski definition) is 1. The van der Waals surface area contributed by atoms with Crippen LogP contribution in [0.4, 0.5) is 0 Å². The van der Waals surface area contributed by atoms with E-state index in [4.69, 9.17) is 10.2 Å². The zero-order valence-electron chi connectivity index (χ0n) is 11.0. The van der Waals surface area contributed by atoms with Gasteiger partial charge in [-0.3, -0.25) is 0 Å². The van der Waals surface area contributed by atoms with E-state index >= 15 is 0 Å². The second-order valence-corrected chi connectivity index (χ2v) is 6.20. The summed E-state index contributed by atoms with van der Waals surface area (Å²) in [5.74, 6) is 0.682. The van der Waals surface area contributed by atoms with Gasteiger partial charge < -0.3 is 10.2 Å². The Hall–Kier alpha value is -0.760. The van der Waals surface area contributed by atoms with E-state index in [2.05, 4.69) is 27.7 Å². The highest BCUT2D eigenvalue weighted by molar-refractivity contribution is 5.07. The van der Waals surface area contributed by atoms with Crippen LogP contribution in [0, 0.1) is 11.3 Å². The van der Waals surface area contributed by atoms with Gasteiger partial charge in [0, 0.05) is 6.04 Å². The molecule has 0 aliphatic heterocycles. The van der Waals surface area contributed by atoms with Crippen molar-refractivity contribution in [3.8, 4) is 0 Å². The van der Waals surface area contributed by atoms with Crippen molar-refractivity contribution in [1.82, 2.24) is 0 Å². The van der Waals surface area contributed by atoms with Gasteiger partial charge in [-0.2, -0.15) is 0 Å². The molecule has 0 fully saturated rings. The van der Waals surface area contributed by atoms with Gasteiger partial charge in [-0.05, 0) is 42.2 Å². The summed E-state index contributed by atoms with van der Waals surface area (Å²) >= 11 is 0. The molecule has 0 saturated heterocycles. The van der Waals surface area contributed by atoms with Crippen LogP contribution in [0.15, 0.2) is 23.0 Å². The van der Waals surface area contributed by atoms with Crippen molar-refractivity contribution in [3.63, 3.8) is 0 Å². The monoisotopic (exact) mass is 223 g/mol. The molecule has 0 spiro atoms. The number of rotatable bonds is 5. The summed E-state index contributed by atoms with van der Waals surface area (Å²) in [6, 6.07) is 2.24. The number of hydrogen-bond acceptors (Lipinski definition) is 2. The minimum Gasteiger partial charge on any atom is -0.472 e. The lowest BCUT2D eigenvalue weighted by Gasteiger charge is -2.25. The van der Waals surface area contributed by atoms with E-state index in [1.54, 1.807) is 12.5 Å². The lowest BCUT2D eigenvalue weighted by molar-refractivity contribution is 0.285. The highest BCUT2D eigenvalue weighted by Crippen LogP contribution is 2.26. The Balaban J connectivity index is 2.31. The molecule has 0 aromatic carbocycles. The Morgan fingerprint density at radius 3 is 2.56 bits per heavy atom. The van der Waals surface area contributed by atoms with Gasteiger partial charge >= 0.3 is 0 Å². The molecule has 92 valence electrons. The summed E-state index contributed by atoms with van der Waals surface area (Å²) in [4.78, 5) is 0. The van der Waals surface area contributed by atoms with Crippen LogP contribution in [0.3, 0.4) is 0 Å². The van der Waals surface area contributed by atoms with E-state index in [1.165, 1.54) is 12.0 Å². The van der Waals surface area contributed by atoms with Crippen LogP contribution in [0.5, 0.6) is 0 Å². The summed E-state index contributed by atoms with van der Waals surface area (Å²) in [5.41, 5.74) is 7.74. The largest absolute Gasteiger partial charge is 0.472 e. The molecule has 0 aliphatic carbocycles. The minimum atomic E-state index is 0.245. The zero-order valence-corrected chi connectivity index (χ0v) is 11.0. The van der Waals surface area contributed by atoms with Crippen molar-refractivity contribution >= 4 is 0 Å². The first-order valence-electron chi connectivity index (χ1n) is 6.13. The Labute approximate surface area is 99.2 Å². The topological polar surface area (TPSA) is 39.2 Å². The van der Waals surface area contributed by atoms with Crippen LogP contribution in [-0.2, 0) is 6.42 Å².